The number of hydrogen-bond acceptors (Lipinski definition) is 8. The number of ether oxygens (including phenoxy) is 2. The Morgan fingerprint density at radius 2 is 1.80 bits per heavy atom. The van der Waals surface area contributed by atoms with Crippen LogP contribution in [0.15, 0.2) is 70.3 Å². The highest BCUT2D eigenvalue weighted by atomic mass is 16.5. The van der Waals surface area contributed by atoms with E-state index in [4.69, 9.17) is 19.6 Å². The minimum absolute atomic E-state index is 0.0626. The normalized spacial score (nSPS) is 18.1. The van der Waals surface area contributed by atoms with Crippen LogP contribution in [0.4, 0.5) is 6.01 Å². The molecule has 1 aromatic heterocycles. The molecule has 1 amide bonds. The number of aromatic nitrogens is 1. The fourth-order valence-electron chi connectivity index (χ4n) is 4.85. The summed E-state index contributed by atoms with van der Waals surface area (Å²) in [5, 5.41) is 0. The number of esters is 2. The van der Waals surface area contributed by atoms with Gasteiger partial charge in [-0.1, -0.05) is 54.6 Å². The van der Waals surface area contributed by atoms with E-state index in [9.17, 15) is 14.4 Å². The van der Waals surface area contributed by atoms with Gasteiger partial charge in [-0.2, -0.15) is 4.98 Å². The first-order chi connectivity index (χ1) is 16.9. The molecule has 9 nitrogen and oxygen atoms in total. The van der Waals surface area contributed by atoms with E-state index in [1.165, 1.54) is 4.90 Å². The van der Waals surface area contributed by atoms with Crippen molar-refractivity contribution in [2.45, 2.75) is 25.9 Å². The van der Waals surface area contributed by atoms with Gasteiger partial charge in [0.05, 0.1) is 12.2 Å². The zero-order valence-electron chi connectivity index (χ0n) is 19.2. The standard InChI is InChI=1S/C26H23N3O6/c1-3-33-23(31)20-15(2)29(13-19(30)34-14-16-9-5-4-6-10-16)24(32)26(20)18-12-8-7-11-17(18)21-22(26)28-25(27)35-21/h4-12H,3,13-14H2,1-2H3,(H2,27,28)/t26-/m1/s1. The predicted molar refractivity (Wildman–Crippen MR) is 124 cm³/mol. The van der Waals surface area contributed by atoms with Gasteiger partial charge in [0.1, 0.15) is 18.8 Å². The third-order valence-electron chi connectivity index (χ3n) is 6.29. The number of amides is 1. The van der Waals surface area contributed by atoms with Crippen molar-refractivity contribution in [2.24, 2.45) is 0 Å². The second-order valence-corrected chi connectivity index (χ2v) is 8.24. The first-order valence-corrected chi connectivity index (χ1v) is 11.2. The van der Waals surface area contributed by atoms with Gasteiger partial charge in [-0.15, -0.1) is 0 Å². The Kier molecular flexibility index (Phi) is 5.39. The van der Waals surface area contributed by atoms with E-state index in [0.29, 0.717) is 16.9 Å². The first-order valence-electron chi connectivity index (χ1n) is 11.2. The lowest BCUT2D eigenvalue weighted by atomic mass is 9.74. The molecular weight excluding hydrogens is 450 g/mol. The number of oxazole rings is 1. The molecule has 0 bridgehead atoms. The average Bonchev–Trinajstić information content (AvgIpc) is 3.43. The Morgan fingerprint density at radius 1 is 1.09 bits per heavy atom. The maximum absolute atomic E-state index is 14.1. The highest BCUT2D eigenvalue weighted by Crippen LogP contribution is 2.57. The van der Waals surface area contributed by atoms with Crippen LogP contribution in [0, 0.1) is 0 Å². The molecule has 9 heteroatoms. The van der Waals surface area contributed by atoms with E-state index >= 15 is 0 Å². The molecule has 1 aliphatic heterocycles. The van der Waals surface area contributed by atoms with E-state index in [-0.39, 0.29) is 42.7 Å². The van der Waals surface area contributed by atoms with E-state index in [0.717, 1.165) is 5.56 Å². The van der Waals surface area contributed by atoms with Crippen molar-refractivity contribution in [3.63, 3.8) is 0 Å². The quantitative estimate of drug-likeness (QED) is 0.542. The van der Waals surface area contributed by atoms with Gasteiger partial charge in [0, 0.05) is 11.3 Å². The molecule has 2 N–H and O–H groups in total. The number of rotatable bonds is 6. The smallest absolute Gasteiger partial charge is 0.337 e. The van der Waals surface area contributed by atoms with Crippen LogP contribution >= 0.6 is 0 Å². The third-order valence-corrected chi connectivity index (χ3v) is 6.29. The Hall–Kier alpha value is -4.40. The van der Waals surface area contributed by atoms with Gasteiger partial charge in [0.15, 0.2) is 11.2 Å². The minimum Gasteiger partial charge on any atom is -0.463 e. The second-order valence-electron chi connectivity index (χ2n) is 8.24. The van der Waals surface area contributed by atoms with Crippen molar-refractivity contribution in [1.82, 2.24) is 9.88 Å². The van der Waals surface area contributed by atoms with Gasteiger partial charge in [-0.3, -0.25) is 9.59 Å². The maximum Gasteiger partial charge on any atom is 0.337 e. The molecule has 0 radical (unpaired) electrons. The van der Waals surface area contributed by atoms with E-state index < -0.39 is 23.3 Å². The number of fused-ring (bicyclic) bond motifs is 5. The van der Waals surface area contributed by atoms with Gasteiger partial charge in [-0.25, -0.2) is 4.79 Å². The van der Waals surface area contributed by atoms with Crippen molar-refractivity contribution in [3.8, 4) is 11.3 Å². The minimum atomic E-state index is -1.64. The predicted octanol–water partition coefficient (Wildman–Crippen LogP) is 2.95. The Morgan fingerprint density at radius 3 is 2.54 bits per heavy atom. The molecule has 1 aliphatic carbocycles. The molecular formula is C26H23N3O6. The number of carbonyl (C=O) groups is 3. The van der Waals surface area contributed by atoms with Gasteiger partial charge in [0.2, 0.25) is 5.91 Å². The number of anilines is 1. The number of benzene rings is 2. The SMILES string of the molecule is CCOC(=O)C1=C(C)N(CC(=O)OCc2ccccc2)C(=O)[C@]12c1ccccc1-c1oc(N)nc12. The number of hydrogen-bond donors (Lipinski definition) is 1. The lowest BCUT2D eigenvalue weighted by Gasteiger charge is -2.26. The van der Waals surface area contributed by atoms with Crippen LogP contribution in [-0.4, -0.2) is 40.9 Å². The topological polar surface area (TPSA) is 125 Å². The zero-order valence-corrected chi connectivity index (χ0v) is 19.2. The highest BCUT2D eigenvalue weighted by Gasteiger charge is 2.63. The summed E-state index contributed by atoms with van der Waals surface area (Å²) >= 11 is 0. The van der Waals surface area contributed by atoms with E-state index in [1.54, 1.807) is 38.1 Å². The average molecular weight is 473 g/mol. The van der Waals surface area contributed by atoms with Crippen molar-refractivity contribution >= 4 is 23.9 Å². The summed E-state index contributed by atoms with van der Waals surface area (Å²) < 4.78 is 16.4. The largest absolute Gasteiger partial charge is 0.463 e. The zero-order chi connectivity index (χ0) is 24.7. The Bertz CT molecular complexity index is 1380. The summed E-state index contributed by atoms with van der Waals surface area (Å²) in [4.78, 5) is 45.7. The van der Waals surface area contributed by atoms with Gasteiger partial charge < -0.3 is 24.5 Å². The summed E-state index contributed by atoms with van der Waals surface area (Å²) in [6, 6.07) is 16.2. The summed E-state index contributed by atoms with van der Waals surface area (Å²) in [5.41, 5.74) is 6.74. The molecule has 0 unspecified atom stereocenters. The Balaban J connectivity index is 1.57. The third kappa shape index (κ3) is 3.30. The molecule has 0 saturated carbocycles. The molecule has 1 atom stereocenters. The van der Waals surface area contributed by atoms with Crippen LogP contribution in [0.2, 0.25) is 0 Å². The van der Waals surface area contributed by atoms with Gasteiger partial charge in [0.25, 0.3) is 6.01 Å². The van der Waals surface area contributed by atoms with Crippen LogP contribution in [0.5, 0.6) is 0 Å². The molecule has 2 heterocycles. The molecule has 2 aromatic carbocycles. The van der Waals surface area contributed by atoms with Crippen LogP contribution in [0.1, 0.15) is 30.7 Å². The van der Waals surface area contributed by atoms with Gasteiger partial charge in [-0.05, 0) is 25.0 Å². The maximum atomic E-state index is 14.1. The molecule has 1 spiro atoms. The second kappa shape index (κ2) is 8.43. The fraction of sp³-hybridized carbons (Fsp3) is 0.231. The van der Waals surface area contributed by atoms with E-state index in [2.05, 4.69) is 4.98 Å². The van der Waals surface area contributed by atoms with Crippen LogP contribution in [-0.2, 0) is 35.9 Å². The molecule has 2 aliphatic rings. The summed E-state index contributed by atoms with van der Waals surface area (Å²) in [6.45, 7) is 3.07. The number of nitrogens with zero attached hydrogens (tertiary/aromatic N) is 2. The molecule has 0 saturated heterocycles. The number of allylic oxidation sites excluding steroid dienone is 1. The first kappa shape index (κ1) is 22.4. The molecule has 35 heavy (non-hydrogen) atoms. The molecule has 3 aromatic rings. The Labute approximate surface area is 201 Å². The lowest BCUT2D eigenvalue weighted by molar-refractivity contribution is -0.149. The van der Waals surface area contributed by atoms with Crippen molar-refractivity contribution < 1.29 is 28.3 Å². The van der Waals surface area contributed by atoms with Crippen LogP contribution in [0.25, 0.3) is 11.3 Å². The summed E-state index contributed by atoms with van der Waals surface area (Å²) in [7, 11) is 0. The number of nitrogen functional groups attached to an aromatic ring is 1. The number of nitrogens with two attached hydrogens (primary N) is 1. The molecule has 178 valence electrons. The monoisotopic (exact) mass is 473 g/mol. The van der Waals surface area contributed by atoms with Gasteiger partial charge >= 0.3 is 11.9 Å². The van der Waals surface area contributed by atoms with E-state index in [1.807, 2.05) is 30.3 Å². The summed E-state index contributed by atoms with van der Waals surface area (Å²) in [6.07, 6.45) is 0. The molecule has 0 fully saturated rings. The lowest BCUT2D eigenvalue weighted by Crippen LogP contribution is -2.43. The van der Waals surface area contributed by atoms with Crippen molar-refractivity contribution in [1.29, 1.82) is 0 Å². The molecule has 5 rings (SSSR count). The highest BCUT2D eigenvalue weighted by molar-refractivity contribution is 6.14. The summed E-state index contributed by atoms with van der Waals surface area (Å²) in [5.74, 6) is -1.50. The van der Waals surface area contributed by atoms with Crippen molar-refractivity contribution in [3.05, 3.63) is 82.7 Å². The van der Waals surface area contributed by atoms with Crippen LogP contribution < -0.4 is 5.73 Å². The number of carbonyl (C=O) groups excluding carboxylic acids is 3. The van der Waals surface area contributed by atoms with Crippen molar-refractivity contribution in [2.75, 3.05) is 18.9 Å². The van der Waals surface area contributed by atoms with Crippen LogP contribution in [0.3, 0.4) is 0 Å². The fourth-order valence-corrected chi connectivity index (χ4v) is 4.85.